The topological polar surface area (TPSA) is 116 Å². The second-order valence-corrected chi connectivity index (χ2v) is 7.02. The van der Waals surface area contributed by atoms with E-state index in [4.69, 9.17) is 9.88 Å². The Morgan fingerprint density at radius 1 is 1.32 bits per heavy atom. The lowest BCUT2D eigenvalue weighted by atomic mass is 10.3. The zero-order chi connectivity index (χ0) is 16.5. The molecule has 3 atom stereocenters. The standard InChI is InChI=1S/C14H18N2O5S/c1-8-7-12(8)14(18)21-9(2)13(17)16-10-3-5-11(6-4-10)22(15,19)20/h3-6,8-9,12H,7H2,1-2H3,(H,16,17)(H2,15,19,20)/t8-,9-,12+/m0/s1. The Kier molecular flexibility index (Phi) is 4.52. The van der Waals surface area contributed by atoms with Crippen molar-refractivity contribution in [1.82, 2.24) is 0 Å². The largest absolute Gasteiger partial charge is 0.452 e. The quantitative estimate of drug-likeness (QED) is 0.779. The van der Waals surface area contributed by atoms with Crippen molar-refractivity contribution in [2.75, 3.05) is 5.32 Å². The normalized spacial score (nSPS) is 21.8. The van der Waals surface area contributed by atoms with Crippen LogP contribution in [0, 0.1) is 11.8 Å². The highest BCUT2D eigenvalue weighted by atomic mass is 32.2. The number of carbonyl (C=O) groups excluding carboxylic acids is 2. The summed E-state index contributed by atoms with van der Waals surface area (Å²) in [4.78, 5) is 23.5. The molecule has 0 heterocycles. The summed E-state index contributed by atoms with van der Waals surface area (Å²) in [5.41, 5.74) is 0.389. The Labute approximate surface area is 128 Å². The summed E-state index contributed by atoms with van der Waals surface area (Å²) < 4.78 is 27.3. The fraction of sp³-hybridized carbons (Fsp3) is 0.429. The minimum Gasteiger partial charge on any atom is -0.452 e. The van der Waals surface area contributed by atoms with Crippen LogP contribution in [0.3, 0.4) is 0 Å². The fourth-order valence-corrected chi connectivity index (χ4v) is 2.45. The highest BCUT2D eigenvalue weighted by Gasteiger charge is 2.41. The van der Waals surface area contributed by atoms with Crippen LogP contribution in [0.2, 0.25) is 0 Å². The zero-order valence-electron chi connectivity index (χ0n) is 12.3. The number of benzene rings is 1. The van der Waals surface area contributed by atoms with Crippen LogP contribution in [-0.4, -0.2) is 26.4 Å². The smallest absolute Gasteiger partial charge is 0.309 e. The maximum Gasteiger partial charge on any atom is 0.309 e. The molecule has 1 fully saturated rings. The molecule has 0 saturated heterocycles. The van der Waals surface area contributed by atoms with Crippen LogP contribution >= 0.6 is 0 Å². The van der Waals surface area contributed by atoms with Gasteiger partial charge in [0.1, 0.15) is 0 Å². The molecule has 3 N–H and O–H groups in total. The molecule has 0 bridgehead atoms. The number of nitrogens with two attached hydrogens (primary N) is 1. The summed E-state index contributed by atoms with van der Waals surface area (Å²) in [7, 11) is -3.77. The van der Waals surface area contributed by atoms with E-state index in [1.165, 1.54) is 31.2 Å². The van der Waals surface area contributed by atoms with Crippen LogP contribution in [0.1, 0.15) is 20.3 Å². The number of esters is 1. The van der Waals surface area contributed by atoms with Gasteiger partial charge in [0.05, 0.1) is 10.8 Å². The van der Waals surface area contributed by atoms with E-state index in [9.17, 15) is 18.0 Å². The average molecular weight is 326 g/mol. The van der Waals surface area contributed by atoms with Gasteiger partial charge in [-0.1, -0.05) is 6.92 Å². The monoisotopic (exact) mass is 326 g/mol. The Hall–Kier alpha value is -1.93. The van der Waals surface area contributed by atoms with Crippen molar-refractivity contribution in [3.63, 3.8) is 0 Å². The van der Waals surface area contributed by atoms with Crippen LogP contribution in [0.25, 0.3) is 0 Å². The van der Waals surface area contributed by atoms with Crippen molar-refractivity contribution in [1.29, 1.82) is 0 Å². The summed E-state index contributed by atoms with van der Waals surface area (Å²) in [6.07, 6.45) is -0.124. The number of nitrogens with one attached hydrogen (secondary N) is 1. The molecule has 1 saturated carbocycles. The summed E-state index contributed by atoms with van der Waals surface area (Å²) in [6.45, 7) is 3.43. The summed E-state index contributed by atoms with van der Waals surface area (Å²) >= 11 is 0. The highest BCUT2D eigenvalue weighted by molar-refractivity contribution is 7.89. The second-order valence-electron chi connectivity index (χ2n) is 5.46. The van der Waals surface area contributed by atoms with E-state index >= 15 is 0 Å². The van der Waals surface area contributed by atoms with Crippen LogP contribution < -0.4 is 10.5 Å². The van der Waals surface area contributed by atoms with Gasteiger partial charge in [0.25, 0.3) is 5.91 Å². The van der Waals surface area contributed by atoms with Gasteiger partial charge in [-0.3, -0.25) is 9.59 Å². The lowest BCUT2D eigenvalue weighted by Gasteiger charge is -2.13. The Balaban J connectivity index is 1.92. The molecule has 0 spiro atoms. The van der Waals surface area contributed by atoms with Gasteiger partial charge in [0.15, 0.2) is 6.10 Å². The van der Waals surface area contributed by atoms with Crippen molar-refractivity contribution in [2.24, 2.45) is 17.0 Å². The van der Waals surface area contributed by atoms with Gasteiger partial charge in [-0.2, -0.15) is 0 Å². The highest BCUT2D eigenvalue weighted by Crippen LogP contribution is 2.38. The number of amides is 1. The minimum absolute atomic E-state index is 0.0484. The molecule has 2 rings (SSSR count). The summed E-state index contributed by atoms with van der Waals surface area (Å²) in [5.74, 6) is -0.637. The van der Waals surface area contributed by atoms with Crippen LogP contribution in [0.5, 0.6) is 0 Å². The first-order valence-corrected chi connectivity index (χ1v) is 8.37. The Morgan fingerprint density at radius 2 is 1.86 bits per heavy atom. The molecule has 1 aliphatic carbocycles. The molecule has 1 aliphatic rings. The number of hydrogen-bond donors (Lipinski definition) is 2. The lowest BCUT2D eigenvalue weighted by molar-refractivity contribution is -0.154. The first kappa shape index (κ1) is 16.4. The van der Waals surface area contributed by atoms with E-state index < -0.39 is 22.0 Å². The van der Waals surface area contributed by atoms with E-state index in [-0.39, 0.29) is 16.8 Å². The van der Waals surface area contributed by atoms with Gasteiger partial charge < -0.3 is 10.1 Å². The van der Waals surface area contributed by atoms with Gasteiger partial charge in [-0.15, -0.1) is 0 Å². The predicted molar refractivity (Wildman–Crippen MR) is 79.3 cm³/mol. The van der Waals surface area contributed by atoms with Crippen molar-refractivity contribution in [2.45, 2.75) is 31.3 Å². The van der Waals surface area contributed by atoms with E-state index in [0.717, 1.165) is 6.42 Å². The van der Waals surface area contributed by atoms with Crippen molar-refractivity contribution in [3.05, 3.63) is 24.3 Å². The molecule has 1 aromatic rings. The number of carbonyl (C=O) groups is 2. The maximum atomic E-state index is 11.9. The van der Waals surface area contributed by atoms with Crippen LogP contribution in [0.15, 0.2) is 29.2 Å². The molecule has 1 aromatic carbocycles. The molecule has 0 aliphatic heterocycles. The van der Waals surface area contributed by atoms with Gasteiger partial charge >= 0.3 is 5.97 Å². The van der Waals surface area contributed by atoms with Crippen molar-refractivity contribution in [3.8, 4) is 0 Å². The predicted octanol–water partition coefficient (Wildman–Crippen LogP) is 0.860. The molecule has 0 aromatic heterocycles. The zero-order valence-corrected chi connectivity index (χ0v) is 13.1. The van der Waals surface area contributed by atoms with E-state index in [0.29, 0.717) is 11.6 Å². The lowest BCUT2D eigenvalue weighted by Crippen LogP contribution is -2.30. The molecule has 22 heavy (non-hydrogen) atoms. The number of rotatable bonds is 5. The number of anilines is 1. The Bertz CT molecular complexity index is 684. The van der Waals surface area contributed by atoms with E-state index in [1.807, 2.05) is 6.92 Å². The molecular formula is C14H18N2O5S. The minimum atomic E-state index is -3.77. The van der Waals surface area contributed by atoms with Gasteiger partial charge in [-0.05, 0) is 43.5 Å². The van der Waals surface area contributed by atoms with E-state index in [2.05, 4.69) is 5.32 Å². The maximum absolute atomic E-state index is 11.9. The third-order valence-corrected chi connectivity index (χ3v) is 4.45. The van der Waals surface area contributed by atoms with Crippen LogP contribution in [-0.2, 0) is 24.3 Å². The van der Waals surface area contributed by atoms with Crippen LogP contribution in [0.4, 0.5) is 5.69 Å². The first-order chi connectivity index (χ1) is 10.2. The fourth-order valence-electron chi connectivity index (χ4n) is 1.94. The number of sulfonamides is 1. The van der Waals surface area contributed by atoms with E-state index in [1.54, 1.807) is 0 Å². The average Bonchev–Trinajstić information content (AvgIpc) is 3.15. The van der Waals surface area contributed by atoms with Crippen molar-refractivity contribution >= 4 is 27.6 Å². The number of hydrogen-bond acceptors (Lipinski definition) is 5. The number of ether oxygens (including phenoxy) is 1. The molecule has 120 valence electrons. The molecular weight excluding hydrogens is 308 g/mol. The Morgan fingerprint density at radius 3 is 2.32 bits per heavy atom. The SMILES string of the molecule is C[C@H](OC(=O)[C@@H]1C[C@@H]1C)C(=O)Nc1ccc(S(N)(=O)=O)cc1. The second kappa shape index (κ2) is 6.05. The third kappa shape index (κ3) is 4.05. The van der Waals surface area contributed by atoms with Gasteiger partial charge in [0, 0.05) is 5.69 Å². The van der Waals surface area contributed by atoms with Crippen molar-refractivity contribution < 1.29 is 22.7 Å². The summed E-state index contributed by atoms with van der Waals surface area (Å²) in [5, 5.41) is 7.53. The third-order valence-electron chi connectivity index (χ3n) is 3.52. The molecule has 7 nitrogen and oxygen atoms in total. The molecule has 8 heteroatoms. The molecule has 0 unspecified atom stereocenters. The van der Waals surface area contributed by atoms with Gasteiger partial charge in [0.2, 0.25) is 10.0 Å². The first-order valence-electron chi connectivity index (χ1n) is 6.82. The molecule has 1 amide bonds. The molecule has 0 radical (unpaired) electrons. The number of primary sulfonamides is 1. The summed E-state index contributed by atoms with van der Waals surface area (Å²) in [6, 6.07) is 5.39. The van der Waals surface area contributed by atoms with Gasteiger partial charge in [-0.25, -0.2) is 13.6 Å².